The van der Waals surface area contributed by atoms with E-state index < -0.39 is 0 Å². The van der Waals surface area contributed by atoms with Crippen molar-refractivity contribution >= 4 is 11.6 Å². The third kappa shape index (κ3) is 1.99. The van der Waals surface area contributed by atoms with Crippen LogP contribution in [0.4, 0.5) is 0 Å². The molecule has 2 aromatic rings. The van der Waals surface area contributed by atoms with E-state index in [1.807, 2.05) is 26.1 Å². The molecule has 5 heteroatoms. The van der Waals surface area contributed by atoms with Crippen LogP contribution in [0.25, 0.3) is 0 Å². The number of aryl methyl sites for hydroxylation is 2. The van der Waals surface area contributed by atoms with E-state index in [0.717, 1.165) is 17.1 Å². The lowest BCUT2D eigenvalue weighted by molar-refractivity contribution is 0.459. The number of furan rings is 1. The topological polar surface area (TPSA) is 57.0 Å². The van der Waals surface area contributed by atoms with Crippen LogP contribution in [0.2, 0.25) is 5.02 Å². The van der Waals surface area contributed by atoms with E-state index in [-0.39, 0.29) is 6.04 Å². The van der Waals surface area contributed by atoms with Gasteiger partial charge in [-0.1, -0.05) is 11.6 Å². The van der Waals surface area contributed by atoms with E-state index in [1.165, 1.54) is 0 Å². The molecule has 1 atom stereocenters. The van der Waals surface area contributed by atoms with Crippen LogP contribution in [0, 0.1) is 6.92 Å². The zero-order valence-electron chi connectivity index (χ0n) is 9.27. The lowest BCUT2D eigenvalue weighted by Gasteiger charge is -2.09. The standard InChI is InChI=1S/C11H14ClN3O/c1-7-11(12)9(15(2)14-7)6-8(13)10-4-3-5-16-10/h3-5,8H,6,13H2,1-2H3. The van der Waals surface area contributed by atoms with Crippen molar-refractivity contribution in [3.63, 3.8) is 0 Å². The highest BCUT2D eigenvalue weighted by Crippen LogP contribution is 2.24. The van der Waals surface area contributed by atoms with Gasteiger partial charge in [0.1, 0.15) is 5.76 Å². The highest BCUT2D eigenvalue weighted by Gasteiger charge is 2.17. The molecule has 0 fully saturated rings. The second-order valence-corrected chi connectivity index (χ2v) is 4.17. The fourth-order valence-corrected chi connectivity index (χ4v) is 1.95. The minimum Gasteiger partial charge on any atom is -0.468 e. The molecule has 0 bridgehead atoms. The first-order valence-corrected chi connectivity index (χ1v) is 5.44. The van der Waals surface area contributed by atoms with Gasteiger partial charge in [-0.25, -0.2) is 0 Å². The van der Waals surface area contributed by atoms with Crippen LogP contribution in [0.1, 0.15) is 23.2 Å². The highest BCUT2D eigenvalue weighted by atomic mass is 35.5. The summed E-state index contributed by atoms with van der Waals surface area (Å²) in [4.78, 5) is 0. The van der Waals surface area contributed by atoms with Crippen LogP contribution in [-0.2, 0) is 13.5 Å². The number of nitrogens with zero attached hydrogens (tertiary/aromatic N) is 2. The first kappa shape index (κ1) is 11.2. The zero-order chi connectivity index (χ0) is 11.7. The molecule has 0 radical (unpaired) electrons. The van der Waals surface area contributed by atoms with Crippen molar-refractivity contribution in [3.8, 4) is 0 Å². The molecule has 2 aromatic heterocycles. The van der Waals surface area contributed by atoms with Crippen molar-refractivity contribution in [2.24, 2.45) is 12.8 Å². The van der Waals surface area contributed by atoms with Gasteiger partial charge in [0.15, 0.2) is 0 Å². The summed E-state index contributed by atoms with van der Waals surface area (Å²) in [7, 11) is 1.86. The van der Waals surface area contributed by atoms with Gasteiger partial charge in [-0.05, 0) is 19.1 Å². The predicted molar refractivity (Wildman–Crippen MR) is 62.3 cm³/mol. The SMILES string of the molecule is Cc1nn(C)c(CC(N)c2ccco2)c1Cl. The lowest BCUT2D eigenvalue weighted by Crippen LogP contribution is -2.14. The van der Waals surface area contributed by atoms with Crippen molar-refractivity contribution in [1.82, 2.24) is 9.78 Å². The van der Waals surface area contributed by atoms with E-state index >= 15 is 0 Å². The number of halogens is 1. The summed E-state index contributed by atoms with van der Waals surface area (Å²) in [6.45, 7) is 1.88. The van der Waals surface area contributed by atoms with Gasteiger partial charge in [-0.3, -0.25) is 4.68 Å². The largest absolute Gasteiger partial charge is 0.468 e. The van der Waals surface area contributed by atoms with Gasteiger partial charge in [0.05, 0.1) is 28.7 Å². The second kappa shape index (κ2) is 4.31. The Morgan fingerprint density at radius 1 is 1.62 bits per heavy atom. The molecule has 2 rings (SSSR count). The number of rotatable bonds is 3. The Morgan fingerprint density at radius 2 is 2.38 bits per heavy atom. The quantitative estimate of drug-likeness (QED) is 0.894. The Kier molecular flexibility index (Phi) is 3.03. The average Bonchev–Trinajstić information content (AvgIpc) is 2.83. The summed E-state index contributed by atoms with van der Waals surface area (Å²) < 4.78 is 7.02. The highest BCUT2D eigenvalue weighted by molar-refractivity contribution is 6.31. The van der Waals surface area contributed by atoms with Gasteiger partial charge < -0.3 is 10.2 Å². The van der Waals surface area contributed by atoms with Crippen molar-refractivity contribution in [2.45, 2.75) is 19.4 Å². The molecule has 0 aliphatic heterocycles. The molecule has 16 heavy (non-hydrogen) atoms. The Labute approximate surface area is 99.0 Å². The third-order valence-corrected chi connectivity index (χ3v) is 3.08. The van der Waals surface area contributed by atoms with Gasteiger partial charge >= 0.3 is 0 Å². The molecule has 0 amide bonds. The second-order valence-electron chi connectivity index (χ2n) is 3.80. The van der Waals surface area contributed by atoms with Crippen LogP contribution < -0.4 is 5.73 Å². The monoisotopic (exact) mass is 239 g/mol. The first-order valence-electron chi connectivity index (χ1n) is 5.06. The molecule has 0 saturated carbocycles. The molecule has 0 spiro atoms. The fraction of sp³-hybridized carbons (Fsp3) is 0.364. The van der Waals surface area contributed by atoms with Crippen LogP contribution in [0.5, 0.6) is 0 Å². The maximum absolute atomic E-state index is 6.15. The first-order chi connectivity index (χ1) is 7.59. The van der Waals surface area contributed by atoms with Crippen LogP contribution in [0.15, 0.2) is 22.8 Å². The van der Waals surface area contributed by atoms with E-state index in [0.29, 0.717) is 11.4 Å². The minimum atomic E-state index is -0.192. The summed E-state index contributed by atoms with van der Waals surface area (Å²) in [5.74, 6) is 0.759. The number of hydrogen-bond donors (Lipinski definition) is 1. The van der Waals surface area contributed by atoms with Gasteiger partial charge in [-0.2, -0.15) is 5.10 Å². The minimum absolute atomic E-state index is 0.192. The van der Waals surface area contributed by atoms with Crippen LogP contribution in [-0.4, -0.2) is 9.78 Å². The summed E-state index contributed by atoms with van der Waals surface area (Å²) >= 11 is 6.15. The molecule has 4 nitrogen and oxygen atoms in total. The van der Waals surface area contributed by atoms with Gasteiger partial charge in [0.25, 0.3) is 0 Å². The van der Waals surface area contributed by atoms with Gasteiger partial charge in [-0.15, -0.1) is 0 Å². The third-order valence-electron chi connectivity index (χ3n) is 2.58. The summed E-state index contributed by atoms with van der Waals surface area (Å²) in [6, 6.07) is 3.50. The molecule has 2 N–H and O–H groups in total. The molecule has 0 aliphatic rings. The van der Waals surface area contributed by atoms with Crippen LogP contribution >= 0.6 is 11.6 Å². The number of aromatic nitrogens is 2. The van der Waals surface area contributed by atoms with Crippen molar-refractivity contribution in [1.29, 1.82) is 0 Å². The van der Waals surface area contributed by atoms with Crippen molar-refractivity contribution in [3.05, 3.63) is 40.6 Å². The fourth-order valence-electron chi connectivity index (χ4n) is 1.71. The summed E-state index contributed by atoms with van der Waals surface area (Å²) in [5, 5.41) is 4.93. The van der Waals surface area contributed by atoms with Gasteiger partial charge in [0, 0.05) is 13.5 Å². The summed E-state index contributed by atoms with van der Waals surface area (Å²) in [5.41, 5.74) is 7.78. The van der Waals surface area contributed by atoms with E-state index in [9.17, 15) is 0 Å². The molecule has 1 unspecified atom stereocenters. The molecule has 0 saturated heterocycles. The Balaban J connectivity index is 2.21. The van der Waals surface area contributed by atoms with Crippen molar-refractivity contribution in [2.75, 3.05) is 0 Å². The van der Waals surface area contributed by atoms with Crippen LogP contribution in [0.3, 0.4) is 0 Å². The normalized spacial score (nSPS) is 13.0. The molecule has 86 valence electrons. The Hall–Kier alpha value is -1.26. The van der Waals surface area contributed by atoms with E-state index in [2.05, 4.69) is 5.10 Å². The average molecular weight is 240 g/mol. The Bertz CT molecular complexity index is 476. The maximum atomic E-state index is 6.15. The summed E-state index contributed by atoms with van der Waals surface area (Å²) in [6.07, 6.45) is 2.23. The zero-order valence-corrected chi connectivity index (χ0v) is 10.0. The molecular formula is C11H14ClN3O. The molecule has 0 aromatic carbocycles. The number of nitrogens with two attached hydrogens (primary N) is 1. The van der Waals surface area contributed by atoms with Gasteiger partial charge in [0.2, 0.25) is 0 Å². The van der Waals surface area contributed by atoms with E-state index in [4.69, 9.17) is 21.8 Å². The lowest BCUT2D eigenvalue weighted by atomic mass is 10.1. The van der Waals surface area contributed by atoms with Crippen molar-refractivity contribution < 1.29 is 4.42 Å². The number of hydrogen-bond acceptors (Lipinski definition) is 3. The smallest absolute Gasteiger partial charge is 0.120 e. The molecule has 0 aliphatic carbocycles. The molecular weight excluding hydrogens is 226 g/mol. The molecule has 2 heterocycles. The predicted octanol–water partition coefficient (Wildman–Crippen LogP) is 2.22. The maximum Gasteiger partial charge on any atom is 0.120 e. The van der Waals surface area contributed by atoms with E-state index in [1.54, 1.807) is 10.9 Å². The Morgan fingerprint density at radius 3 is 2.88 bits per heavy atom.